The third-order valence-corrected chi connectivity index (χ3v) is 2.70. The van der Waals surface area contributed by atoms with Crippen LogP contribution < -0.4 is 5.32 Å². The lowest BCUT2D eigenvalue weighted by Gasteiger charge is -2.10. The molecule has 0 amide bonds. The fourth-order valence-corrected chi connectivity index (χ4v) is 1.79. The number of aryl methyl sites for hydroxylation is 1. The number of aromatic amines is 1. The lowest BCUT2D eigenvalue weighted by molar-refractivity contribution is 0.480. The van der Waals surface area contributed by atoms with Gasteiger partial charge in [-0.05, 0) is 18.9 Å². The molecule has 0 aliphatic carbocycles. The summed E-state index contributed by atoms with van der Waals surface area (Å²) in [6, 6.07) is 0.358. The van der Waals surface area contributed by atoms with E-state index < -0.39 is 0 Å². The molecule has 4 heteroatoms. The molecule has 72 valence electrons. The summed E-state index contributed by atoms with van der Waals surface area (Å²) in [5, 5.41) is 10.6. The Balaban J connectivity index is 2.15. The van der Waals surface area contributed by atoms with Gasteiger partial charge in [0.2, 0.25) is 0 Å². The average molecular weight is 180 g/mol. The van der Waals surface area contributed by atoms with Crippen molar-refractivity contribution in [3.05, 3.63) is 11.6 Å². The lowest BCUT2D eigenvalue weighted by Crippen LogP contribution is -2.17. The van der Waals surface area contributed by atoms with Gasteiger partial charge in [0.15, 0.2) is 5.82 Å². The fraction of sp³-hybridized carbons (Fsp3) is 0.778. The van der Waals surface area contributed by atoms with Gasteiger partial charge in [-0.25, -0.2) is 4.98 Å². The maximum absolute atomic E-state index is 4.43. The molecule has 0 radical (unpaired) electrons. The van der Waals surface area contributed by atoms with Crippen LogP contribution in [0.3, 0.4) is 0 Å². The second kappa shape index (κ2) is 3.46. The van der Waals surface area contributed by atoms with Gasteiger partial charge >= 0.3 is 0 Å². The van der Waals surface area contributed by atoms with Gasteiger partial charge in [-0.3, -0.25) is 5.10 Å². The molecule has 1 aliphatic heterocycles. The van der Waals surface area contributed by atoms with Crippen molar-refractivity contribution in [3.63, 3.8) is 0 Å². The molecule has 2 rings (SSSR count). The van der Waals surface area contributed by atoms with Crippen molar-refractivity contribution in [3.8, 4) is 0 Å². The van der Waals surface area contributed by atoms with E-state index in [1.807, 2.05) is 0 Å². The zero-order valence-corrected chi connectivity index (χ0v) is 8.17. The first-order chi connectivity index (χ1) is 6.31. The summed E-state index contributed by atoms with van der Waals surface area (Å²) < 4.78 is 0. The van der Waals surface area contributed by atoms with Gasteiger partial charge in [0, 0.05) is 6.42 Å². The van der Waals surface area contributed by atoms with E-state index in [1.165, 1.54) is 6.42 Å². The minimum Gasteiger partial charge on any atom is -0.307 e. The van der Waals surface area contributed by atoms with Crippen LogP contribution in [0.2, 0.25) is 0 Å². The van der Waals surface area contributed by atoms with E-state index in [0.717, 1.165) is 24.6 Å². The molecule has 0 aromatic carbocycles. The first-order valence-corrected chi connectivity index (χ1v) is 4.95. The predicted molar refractivity (Wildman–Crippen MR) is 50.3 cm³/mol. The molecular formula is C9H16N4. The van der Waals surface area contributed by atoms with Gasteiger partial charge in [0.1, 0.15) is 5.82 Å². The maximum Gasteiger partial charge on any atom is 0.167 e. The summed E-state index contributed by atoms with van der Waals surface area (Å²) in [5.74, 6) is 2.57. The van der Waals surface area contributed by atoms with Crippen LogP contribution in [0.25, 0.3) is 0 Å². The Kier molecular flexibility index (Phi) is 2.31. The second-order valence-electron chi connectivity index (χ2n) is 3.69. The summed E-state index contributed by atoms with van der Waals surface area (Å²) in [6.45, 7) is 5.41. The van der Waals surface area contributed by atoms with Gasteiger partial charge in [-0.1, -0.05) is 13.8 Å². The molecule has 0 spiro atoms. The van der Waals surface area contributed by atoms with Crippen LogP contribution in [0.15, 0.2) is 0 Å². The number of nitrogens with zero attached hydrogens (tertiary/aromatic N) is 2. The molecule has 13 heavy (non-hydrogen) atoms. The number of hydrogen-bond acceptors (Lipinski definition) is 3. The third kappa shape index (κ3) is 1.58. The first kappa shape index (κ1) is 8.69. The summed E-state index contributed by atoms with van der Waals surface area (Å²) >= 11 is 0. The van der Waals surface area contributed by atoms with Crippen LogP contribution in [0.4, 0.5) is 0 Å². The van der Waals surface area contributed by atoms with Gasteiger partial charge in [0.05, 0.1) is 6.04 Å². The monoisotopic (exact) mass is 180 g/mol. The zero-order valence-electron chi connectivity index (χ0n) is 8.17. The molecule has 1 fully saturated rings. The normalized spacial score (nSPS) is 28.2. The van der Waals surface area contributed by atoms with E-state index in [2.05, 4.69) is 34.3 Å². The Morgan fingerprint density at radius 2 is 2.38 bits per heavy atom. The van der Waals surface area contributed by atoms with Crippen molar-refractivity contribution in [1.29, 1.82) is 0 Å². The number of nitrogens with one attached hydrogen (secondary N) is 2. The highest BCUT2D eigenvalue weighted by Gasteiger charge is 2.27. The second-order valence-corrected chi connectivity index (χ2v) is 3.69. The van der Waals surface area contributed by atoms with Crippen molar-refractivity contribution in [2.24, 2.45) is 5.92 Å². The predicted octanol–water partition coefficient (Wildman–Crippen LogP) is 1.04. The Morgan fingerprint density at radius 1 is 1.54 bits per heavy atom. The Morgan fingerprint density at radius 3 is 2.92 bits per heavy atom. The molecule has 2 N–H and O–H groups in total. The van der Waals surface area contributed by atoms with Gasteiger partial charge in [0.25, 0.3) is 0 Å². The molecule has 0 saturated carbocycles. The lowest BCUT2D eigenvalue weighted by atomic mass is 10.0. The summed E-state index contributed by atoms with van der Waals surface area (Å²) in [7, 11) is 0. The largest absolute Gasteiger partial charge is 0.307 e. The summed E-state index contributed by atoms with van der Waals surface area (Å²) in [6.07, 6.45) is 2.15. The molecule has 2 heterocycles. The zero-order chi connectivity index (χ0) is 9.26. The SMILES string of the molecule is CCc1nc(C2NCCC2C)n[nH]1. The van der Waals surface area contributed by atoms with Crippen molar-refractivity contribution < 1.29 is 0 Å². The maximum atomic E-state index is 4.43. The molecular weight excluding hydrogens is 164 g/mol. The van der Waals surface area contributed by atoms with E-state index >= 15 is 0 Å². The first-order valence-electron chi connectivity index (χ1n) is 4.95. The summed E-state index contributed by atoms with van der Waals surface area (Å²) in [4.78, 5) is 4.43. The standard InChI is InChI=1S/C9H16N4/c1-3-7-11-9(13-12-7)8-6(2)4-5-10-8/h6,8,10H,3-5H2,1-2H3,(H,11,12,13). The Labute approximate surface area is 78.1 Å². The number of rotatable bonds is 2. The molecule has 1 saturated heterocycles. The van der Waals surface area contributed by atoms with Crippen LogP contribution in [0, 0.1) is 5.92 Å². The van der Waals surface area contributed by atoms with Crippen LogP contribution in [0.5, 0.6) is 0 Å². The Hall–Kier alpha value is -0.900. The molecule has 2 unspecified atom stereocenters. The average Bonchev–Trinajstić information content (AvgIpc) is 2.71. The van der Waals surface area contributed by atoms with E-state index in [-0.39, 0.29) is 0 Å². The topological polar surface area (TPSA) is 53.6 Å². The Bertz CT molecular complexity index is 281. The van der Waals surface area contributed by atoms with E-state index in [0.29, 0.717) is 12.0 Å². The molecule has 1 aromatic heterocycles. The van der Waals surface area contributed by atoms with Crippen LogP contribution in [0.1, 0.15) is 38.0 Å². The minimum atomic E-state index is 0.358. The van der Waals surface area contributed by atoms with Crippen molar-refractivity contribution in [2.45, 2.75) is 32.7 Å². The van der Waals surface area contributed by atoms with Crippen molar-refractivity contribution >= 4 is 0 Å². The van der Waals surface area contributed by atoms with Crippen LogP contribution >= 0.6 is 0 Å². The molecule has 4 nitrogen and oxygen atoms in total. The van der Waals surface area contributed by atoms with Gasteiger partial charge < -0.3 is 5.32 Å². The van der Waals surface area contributed by atoms with E-state index in [9.17, 15) is 0 Å². The molecule has 1 aliphatic rings. The number of hydrogen-bond donors (Lipinski definition) is 2. The van der Waals surface area contributed by atoms with Crippen molar-refractivity contribution in [2.75, 3.05) is 6.54 Å². The van der Waals surface area contributed by atoms with Crippen LogP contribution in [-0.4, -0.2) is 21.7 Å². The highest BCUT2D eigenvalue weighted by Crippen LogP contribution is 2.26. The highest BCUT2D eigenvalue weighted by molar-refractivity contribution is 5.00. The summed E-state index contributed by atoms with van der Waals surface area (Å²) in [5.41, 5.74) is 0. The number of H-pyrrole nitrogens is 1. The van der Waals surface area contributed by atoms with Crippen molar-refractivity contribution in [1.82, 2.24) is 20.5 Å². The van der Waals surface area contributed by atoms with E-state index in [1.54, 1.807) is 0 Å². The molecule has 2 atom stereocenters. The number of aromatic nitrogens is 3. The smallest absolute Gasteiger partial charge is 0.167 e. The molecule has 0 bridgehead atoms. The van der Waals surface area contributed by atoms with Crippen LogP contribution in [-0.2, 0) is 6.42 Å². The van der Waals surface area contributed by atoms with Gasteiger partial charge in [-0.2, -0.15) is 5.10 Å². The minimum absolute atomic E-state index is 0.358. The highest BCUT2D eigenvalue weighted by atomic mass is 15.2. The van der Waals surface area contributed by atoms with E-state index in [4.69, 9.17) is 0 Å². The molecule has 1 aromatic rings. The van der Waals surface area contributed by atoms with Gasteiger partial charge in [-0.15, -0.1) is 0 Å². The fourth-order valence-electron chi connectivity index (χ4n) is 1.79. The quantitative estimate of drug-likeness (QED) is 0.715. The third-order valence-electron chi connectivity index (χ3n) is 2.70.